The topological polar surface area (TPSA) is 4.93 Å². The predicted octanol–water partition coefficient (Wildman–Crippen LogP) is 14.8. The lowest BCUT2D eigenvalue weighted by molar-refractivity contribution is 0.967. The summed E-state index contributed by atoms with van der Waals surface area (Å²) in [6, 6.07) is 65.6. The minimum atomic E-state index is 1.09. The summed E-state index contributed by atoms with van der Waals surface area (Å²) in [6.07, 6.45) is 6.82. The minimum Gasteiger partial charge on any atom is -0.310 e. The number of hydrogen-bond acceptors (Lipinski definition) is 0. The summed E-state index contributed by atoms with van der Waals surface area (Å²) in [5.41, 5.74) is 12.8. The molecule has 11 aromatic rings. The van der Waals surface area contributed by atoms with Gasteiger partial charge in [0.05, 0.1) is 5.52 Å². The normalized spacial score (nSPS) is 12.9. The zero-order chi connectivity index (χ0) is 36.0. The molecule has 256 valence electrons. The third kappa shape index (κ3) is 4.47. The number of nitrogens with zero attached hydrogens (tertiary/aromatic N) is 1. The molecule has 1 aliphatic carbocycles. The van der Waals surface area contributed by atoms with Crippen molar-refractivity contribution in [1.29, 1.82) is 0 Å². The number of hydrogen-bond donors (Lipinski definition) is 0. The summed E-state index contributed by atoms with van der Waals surface area (Å²) in [5, 5.41) is 14.4. The van der Waals surface area contributed by atoms with Crippen LogP contribution in [-0.2, 0) is 6.42 Å². The average Bonchev–Trinajstić information content (AvgIpc) is 3.59. The van der Waals surface area contributed by atoms with Gasteiger partial charge in [0.25, 0.3) is 0 Å². The lowest BCUT2D eigenvalue weighted by Crippen LogP contribution is -2.00. The highest BCUT2D eigenvalue weighted by Crippen LogP contribution is 2.47. The van der Waals surface area contributed by atoms with Crippen LogP contribution in [0.2, 0.25) is 0 Å². The Morgan fingerprint density at radius 2 is 0.945 bits per heavy atom. The molecule has 1 heteroatoms. The smallest absolute Gasteiger partial charge is 0.0537 e. The Kier molecular flexibility index (Phi) is 6.53. The summed E-state index contributed by atoms with van der Waals surface area (Å²) in [4.78, 5) is 0. The van der Waals surface area contributed by atoms with Crippen LogP contribution in [-0.4, -0.2) is 4.57 Å². The van der Waals surface area contributed by atoms with Gasteiger partial charge in [-0.15, -0.1) is 0 Å². The lowest BCUT2D eigenvalue weighted by Gasteiger charge is -2.20. The first kappa shape index (κ1) is 30.5. The summed E-state index contributed by atoms with van der Waals surface area (Å²) in [6.45, 7) is 0. The van der Waals surface area contributed by atoms with E-state index >= 15 is 0 Å². The Morgan fingerprint density at radius 3 is 1.69 bits per heavy atom. The van der Waals surface area contributed by atoms with Gasteiger partial charge in [-0.05, 0) is 142 Å². The van der Waals surface area contributed by atoms with Crippen molar-refractivity contribution in [3.05, 3.63) is 193 Å². The molecular formula is C54H35N. The van der Waals surface area contributed by atoms with E-state index in [0.717, 1.165) is 12.8 Å². The molecule has 0 N–H and O–H groups in total. The molecule has 0 unspecified atom stereocenters. The van der Waals surface area contributed by atoms with Crippen molar-refractivity contribution < 1.29 is 0 Å². The molecule has 0 atom stereocenters. The standard InChI is InChI=1S/C54H35N/c1-2-12-34(13-3-1)49-32-36-14-4-5-15-37(36)33-50(49)40-29-31-48-45-20-10-18-43-39(28-30-47(53(43)45)46-21-11-19-44(40)54(46)48)35-24-26-38(27-25-35)55-51-22-8-6-16-41(51)42-17-7-9-23-52(42)55/h1-6,8-16,18-33H,7,17H2. The van der Waals surface area contributed by atoms with Crippen LogP contribution in [0.5, 0.6) is 0 Å². The number of aromatic nitrogens is 1. The molecule has 0 saturated heterocycles. The first-order chi connectivity index (χ1) is 27.3. The molecule has 12 rings (SSSR count). The maximum atomic E-state index is 2.44. The molecule has 0 spiro atoms. The number of para-hydroxylation sites is 1. The van der Waals surface area contributed by atoms with E-state index in [-0.39, 0.29) is 0 Å². The SMILES string of the molecule is C1=Cc2c(c3ccccc3n2-c2ccc(-c3ccc4c5cccc6c(-c7cc8ccccc8cc7-c7ccccc7)ccc(c7cccc3c47)c65)cc2)CC1. The second-order valence-electron chi connectivity index (χ2n) is 15.1. The number of fused-ring (bicyclic) bond motifs is 6. The summed E-state index contributed by atoms with van der Waals surface area (Å²) >= 11 is 0. The van der Waals surface area contributed by atoms with Crippen LogP contribution in [0, 0.1) is 0 Å². The largest absolute Gasteiger partial charge is 0.310 e. The Balaban J connectivity index is 1.04. The van der Waals surface area contributed by atoms with E-state index in [4.69, 9.17) is 0 Å². The molecule has 1 heterocycles. The van der Waals surface area contributed by atoms with E-state index in [1.807, 2.05) is 0 Å². The fourth-order valence-electron chi connectivity index (χ4n) is 9.77. The molecule has 1 aliphatic rings. The van der Waals surface area contributed by atoms with Gasteiger partial charge in [0.2, 0.25) is 0 Å². The summed E-state index contributed by atoms with van der Waals surface area (Å²) in [7, 11) is 0. The van der Waals surface area contributed by atoms with E-state index in [9.17, 15) is 0 Å². The number of allylic oxidation sites excluding steroid dienone is 1. The van der Waals surface area contributed by atoms with Gasteiger partial charge in [-0.2, -0.15) is 0 Å². The Morgan fingerprint density at radius 1 is 0.382 bits per heavy atom. The van der Waals surface area contributed by atoms with Crippen molar-refractivity contribution in [1.82, 2.24) is 4.57 Å². The molecule has 0 amide bonds. The third-order valence-electron chi connectivity index (χ3n) is 12.2. The molecule has 0 radical (unpaired) electrons. The zero-order valence-corrected chi connectivity index (χ0v) is 30.3. The summed E-state index contributed by atoms with van der Waals surface area (Å²) < 4.78 is 2.44. The van der Waals surface area contributed by atoms with Gasteiger partial charge in [-0.1, -0.05) is 152 Å². The van der Waals surface area contributed by atoms with Crippen molar-refractivity contribution >= 4 is 70.8 Å². The number of rotatable bonds is 4. The molecular weight excluding hydrogens is 663 g/mol. The maximum absolute atomic E-state index is 2.44. The second kappa shape index (κ2) is 11.8. The molecule has 0 fully saturated rings. The van der Waals surface area contributed by atoms with E-state index in [1.165, 1.54) is 115 Å². The van der Waals surface area contributed by atoms with Gasteiger partial charge >= 0.3 is 0 Å². The van der Waals surface area contributed by atoms with E-state index in [0.29, 0.717) is 0 Å². The predicted molar refractivity (Wildman–Crippen MR) is 236 cm³/mol. The molecule has 0 bridgehead atoms. The fraction of sp³-hybridized carbons (Fsp3) is 0.0370. The van der Waals surface area contributed by atoms with Crippen molar-refractivity contribution in [2.45, 2.75) is 12.8 Å². The highest BCUT2D eigenvalue weighted by molar-refractivity contribution is 6.35. The van der Waals surface area contributed by atoms with Crippen LogP contribution >= 0.6 is 0 Å². The molecule has 0 saturated carbocycles. The second-order valence-corrected chi connectivity index (χ2v) is 15.1. The highest BCUT2D eigenvalue weighted by Gasteiger charge is 2.21. The Bertz CT molecular complexity index is 3320. The number of benzene rings is 10. The van der Waals surface area contributed by atoms with Gasteiger partial charge in [0.1, 0.15) is 0 Å². The number of aryl methyl sites for hydroxylation is 1. The molecule has 1 nitrogen and oxygen atoms in total. The van der Waals surface area contributed by atoms with E-state index < -0.39 is 0 Å². The first-order valence-electron chi connectivity index (χ1n) is 19.4. The van der Waals surface area contributed by atoms with Crippen LogP contribution in [0.15, 0.2) is 182 Å². The van der Waals surface area contributed by atoms with Gasteiger partial charge in [0.15, 0.2) is 0 Å². The minimum absolute atomic E-state index is 1.09. The quantitative estimate of drug-likeness (QED) is 0.127. The molecule has 55 heavy (non-hydrogen) atoms. The first-order valence-corrected chi connectivity index (χ1v) is 19.4. The van der Waals surface area contributed by atoms with Crippen molar-refractivity contribution in [3.8, 4) is 39.1 Å². The Labute approximate surface area is 319 Å². The van der Waals surface area contributed by atoms with Crippen LogP contribution in [0.4, 0.5) is 0 Å². The molecule has 10 aromatic carbocycles. The third-order valence-corrected chi connectivity index (χ3v) is 12.2. The van der Waals surface area contributed by atoms with Crippen LogP contribution in [0.1, 0.15) is 17.7 Å². The van der Waals surface area contributed by atoms with Gasteiger partial charge in [-0.3, -0.25) is 0 Å². The van der Waals surface area contributed by atoms with Crippen LogP contribution in [0.3, 0.4) is 0 Å². The van der Waals surface area contributed by atoms with Crippen LogP contribution < -0.4 is 0 Å². The van der Waals surface area contributed by atoms with Crippen LogP contribution in [0.25, 0.3) is 110 Å². The molecule has 1 aromatic heterocycles. The average molecular weight is 698 g/mol. The highest BCUT2D eigenvalue weighted by atomic mass is 15.0. The zero-order valence-electron chi connectivity index (χ0n) is 30.3. The van der Waals surface area contributed by atoms with Crippen molar-refractivity contribution in [2.75, 3.05) is 0 Å². The summed E-state index contributed by atoms with van der Waals surface area (Å²) in [5.74, 6) is 0. The molecule has 0 aliphatic heterocycles. The maximum Gasteiger partial charge on any atom is 0.0537 e. The van der Waals surface area contributed by atoms with Crippen molar-refractivity contribution in [3.63, 3.8) is 0 Å². The van der Waals surface area contributed by atoms with Crippen molar-refractivity contribution in [2.24, 2.45) is 0 Å². The van der Waals surface area contributed by atoms with E-state index in [1.54, 1.807) is 0 Å². The fourth-order valence-corrected chi connectivity index (χ4v) is 9.77. The van der Waals surface area contributed by atoms with Gasteiger partial charge in [0, 0.05) is 16.8 Å². The monoisotopic (exact) mass is 697 g/mol. The van der Waals surface area contributed by atoms with E-state index in [2.05, 4.69) is 193 Å². The Hall–Kier alpha value is -6.96. The van der Waals surface area contributed by atoms with Gasteiger partial charge in [-0.25, -0.2) is 0 Å². The lowest BCUT2D eigenvalue weighted by atomic mass is 9.84. The van der Waals surface area contributed by atoms with Gasteiger partial charge < -0.3 is 4.57 Å².